The summed E-state index contributed by atoms with van der Waals surface area (Å²) >= 11 is 0. The first-order chi connectivity index (χ1) is 9.54. The molecule has 7 heteroatoms. The van der Waals surface area contributed by atoms with Crippen molar-refractivity contribution in [3.05, 3.63) is 30.3 Å². The standard InChI is InChI=1S/C13H19O6P/c14-7-6-12(10-13(16)17)20(18,19-9-8-15)11-4-2-1-3-5-11/h1-5,12,14-15H,6-10H2,(H,16,17). The number of hydrogen-bond donors (Lipinski definition) is 3. The second-order valence-corrected chi connectivity index (χ2v) is 6.95. The van der Waals surface area contributed by atoms with E-state index >= 15 is 0 Å². The fourth-order valence-electron chi connectivity index (χ4n) is 1.95. The Hall–Kier alpha value is -1.20. The van der Waals surface area contributed by atoms with Crippen LogP contribution in [0.15, 0.2) is 30.3 Å². The van der Waals surface area contributed by atoms with E-state index in [0.29, 0.717) is 5.30 Å². The van der Waals surface area contributed by atoms with Crippen molar-refractivity contribution in [2.45, 2.75) is 18.5 Å². The number of carbonyl (C=O) groups is 1. The molecule has 1 rings (SSSR count). The molecule has 0 aliphatic rings. The molecule has 20 heavy (non-hydrogen) atoms. The molecule has 0 aliphatic heterocycles. The molecule has 6 nitrogen and oxygen atoms in total. The van der Waals surface area contributed by atoms with Gasteiger partial charge in [0.05, 0.1) is 25.3 Å². The van der Waals surface area contributed by atoms with Crippen molar-refractivity contribution in [2.75, 3.05) is 19.8 Å². The number of hydrogen-bond acceptors (Lipinski definition) is 5. The molecule has 0 heterocycles. The zero-order valence-corrected chi connectivity index (χ0v) is 11.9. The molecule has 0 fully saturated rings. The Morgan fingerprint density at radius 3 is 2.35 bits per heavy atom. The number of aliphatic hydroxyl groups excluding tert-OH is 2. The summed E-state index contributed by atoms with van der Waals surface area (Å²) in [6.07, 6.45) is -0.304. The van der Waals surface area contributed by atoms with Gasteiger partial charge in [0.2, 0.25) is 7.37 Å². The van der Waals surface area contributed by atoms with Crippen molar-refractivity contribution in [3.8, 4) is 0 Å². The van der Waals surface area contributed by atoms with E-state index in [4.69, 9.17) is 19.8 Å². The summed E-state index contributed by atoms with van der Waals surface area (Å²) in [4.78, 5) is 10.9. The number of benzene rings is 1. The van der Waals surface area contributed by atoms with E-state index in [-0.39, 0.29) is 32.7 Å². The van der Waals surface area contributed by atoms with Gasteiger partial charge < -0.3 is 19.8 Å². The lowest BCUT2D eigenvalue weighted by Gasteiger charge is -2.26. The van der Waals surface area contributed by atoms with Crippen LogP contribution in [0.3, 0.4) is 0 Å². The van der Waals surface area contributed by atoms with Gasteiger partial charge in [0.1, 0.15) is 0 Å². The first-order valence-corrected chi connectivity index (χ1v) is 7.97. The third kappa shape index (κ3) is 4.42. The Kier molecular flexibility index (Phi) is 6.88. The average molecular weight is 302 g/mol. The van der Waals surface area contributed by atoms with E-state index in [1.807, 2.05) is 0 Å². The van der Waals surface area contributed by atoms with Crippen molar-refractivity contribution in [1.82, 2.24) is 0 Å². The fourth-order valence-corrected chi connectivity index (χ4v) is 4.52. The minimum absolute atomic E-state index is 0.0594. The lowest BCUT2D eigenvalue weighted by atomic mass is 10.2. The molecule has 0 aliphatic carbocycles. The molecular weight excluding hydrogens is 283 g/mol. The molecule has 1 aromatic carbocycles. The highest BCUT2D eigenvalue weighted by molar-refractivity contribution is 7.67. The number of aliphatic carboxylic acids is 1. The summed E-state index contributed by atoms with van der Waals surface area (Å²) in [6.45, 7) is -0.735. The van der Waals surface area contributed by atoms with Crippen LogP contribution in [0.5, 0.6) is 0 Å². The molecule has 2 atom stereocenters. The molecule has 0 aromatic heterocycles. The number of aliphatic hydroxyl groups is 2. The zero-order valence-electron chi connectivity index (χ0n) is 11.0. The highest BCUT2D eigenvalue weighted by Gasteiger charge is 2.37. The summed E-state index contributed by atoms with van der Waals surface area (Å²) in [5.74, 6) is -1.10. The lowest BCUT2D eigenvalue weighted by molar-refractivity contribution is -0.137. The number of carboxylic acid groups (broad SMARTS) is 1. The van der Waals surface area contributed by atoms with E-state index in [1.165, 1.54) is 0 Å². The average Bonchev–Trinajstić information content (AvgIpc) is 2.45. The summed E-state index contributed by atoms with van der Waals surface area (Å²) in [7, 11) is -3.47. The third-order valence-corrected chi connectivity index (χ3v) is 5.83. The summed E-state index contributed by atoms with van der Waals surface area (Å²) in [5, 5.41) is 27.3. The summed E-state index contributed by atoms with van der Waals surface area (Å²) in [6, 6.07) is 8.31. The predicted octanol–water partition coefficient (Wildman–Crippen LogP) is 0.825. The summed E-state index contributed by atoms with van der Waals surface area (Å²) in [5.41, 5.74) is -0.820. The Morgan fingerprint density at radius 1 is 1.20 bits per heavy atom. The molecule has 0 saturated heterocycles. The van der Waals surface area contributed by atoms with Crippen LogP contribution in [0.4, 0.5) is 0 Å². The van der Waals surface area contributed by atoms with E-state index in [1.54, 1.807) is 30.3 Å². The van der Waals surface area contributed by atoms with Crippen molar-refractivity contribution in [1.29, 1.82) is 0 Å². The van der Waals surface area contributed by atoms with Crippen molar-refractivity contribution in [3.63, 3.8) is 0 Å². The highest BCUT2D eigenvalue weighted by Crippen LogP contribution is 2.53. The van der Waals surface area contributed by atoms with Gasteiger partial charge >= 0.3 is 5.97 Å². The van der Waals surface area contributed by atoms with E-state index in [2.05, 4.69) is 0 Å². The van der Waals surface area contributed by atoms with Crippen molar-refractivity contribution >= 4 is 18.6 Å². The maximum absolute atomic E-state index is 13.1. The first-order valence-electron chi connectivity index (χ1n) is 6.28. The second kappa shape index (κ2) is 8.17. The van der Waals surface area contributed by atoms with Crippen LogP contribution in [0.2, 0.25) is 0 Å². The molecule has 112 valence electrons. The fraction of sp³-hybridized carbons (Fsp3) is 0.462. The van der Waals surface area contributed by atoms with Crippen LogP contribution in [0.1, 0.15) is 12.8 Å². The van der Waals surface area contributed by atoms with Crippen LogP contribution < -0.4 is 5.30 Å². The number of rotatable bonds is 9. The molecule has 0 amide bonds. The smallest absolute Gasteiger partial charge is 0.304 e. The minimum Gasteiger partial charge on any atom is -0.481 e. The van der Waals surface area contributed by atoms with E-state index in [0.717, 1.165) is 0 Å². The quantitative estimate of drug-likeness (QED) is 0.584. The van der Waals surface area contributed by atoms with Gasteiger partial charge in [0, 0.05) is 11.9 Å². The van der Waals surface area contributed by atoms with Gasteiger partial charge in [-0.2, -0.15) is 0 Å². The molecule has 3 N–H and O–H groups in total. The molecule has 0 radical (unpaired) electrons. The third-order valence-electron chi connectivity index (χ3n) is 2.84. The monoisotopic (exact) mass is 302 g/mol. The first kappa shape index (κ1) is 16.9. The van der Waals surface area contributed by atoms with Crippen LogP contribution >= 0.6 is 7.37 Å². The minimum atomic E-state index is -3.47. The normalized spacial score (nSPS) is 15.5. The molecule has 0 spiro atoms. The number of carboxylic acids is 1. The Bertz CT molecular complexity index is 461. The summed E-state index contributed by atoms with van der Waals surface area (Å²) < 4.78 is 18.4. The van der Waals surface area contributed by atoms with Crippen molar-refractivity contribution < 1.29 is 29.2 Å². The molecule has 0 saturated carbocycles. The maximum atomic E-state index is 13.1. The zero-order chi connectivity index (χ0) is 15.0. The Labute approximate surface area is 117 Å². The molecule has 2 unspecified atom stereocenters. The van der Waals surface area contributed by atoms with Gasteiger partial charge in [-0.3, -0.25) is 9.36 Å². The molecule has 0 bridgehead atoms. The van der Waals surface area contributed by atoms with Crippen LogP contribution in [-0.2, 0) is 13.9 Å². The topological polar surface area (TPSA) is 104 Å². The van der Waals surface area contributed by atoms with E-state index in [9.17, 15) is 9.36 Å². The van der Waals surface area contributed by atoms with Gasteiger partial charge in [-0.1, -0.05) is 18.2 Å². The van der Waals surface area contributed by atoms with Crippen LogP contribution in [0.25, 0.3) is 0 Å². The molecular formula is C13H19O6P. The lowest BCUT2D eigenvalue weighted by Crippen LogP contribution is -2.24. The van der Waals surface area contributed by atoms with Gasteiger partial charge in [0.15, 0.2) is 0 Å². The molecule has 1 aromatic rings. The predicted molar refractivity (Wildman–Crippen MR) is 74.5 cm³/mol. The van der Waals surface area contributed by atoms with Crippen LogP contribution in [0, 0.1) is 0 Å². The van der Waals surface area contributed by atoms with Gasteiger partial charge in [0.25, 0.3) is 0 Å². The largest absolute Gasteiger partial charge is 0.481 e. The SMILES string of the molecule is O=C(O)CC(CCO)P(=O)(OCCO)c1ccccc1. The van der Waals surface area contributed by atoms with Gasteiger partial charge in [-0.25, -0.2) is 0 Å². The Morgan fingerprint density at radius 2 is 1.85 bits per heavy atom. The van der Waals surface area contributed by atoms with E-state index < -0.39 is 19.0 Å². The van der Waals surface area contributed by atoms with Gasteiger partial charge in [-0.15, -0.1) is 0 Å². The van der Waals surface area contributed by atoms with Crippen molar-refractivity contribution in [2.24, 2.45) is 0 Å². The maximum Gasteiger partial charge on any atom is 0.304 e. The Balaban J connectivity index is 3.13. The van der Waals surface area contributed by atoms with Gasteiger partial charge in [-0.05, 0) is 18.6 Å². The van der Waals surface area contributed by atoms with Crippen LogP contribution in [-0.4, -0.2) is 46.8 Å². The highest BCUT2D eigenvalue weighted by atomic mass is 31.2. The second-order valence-electron chi connectivity index (χ2n) is 4.25.